The summed E-state index contributed by atoms with van der Waals surface area (Å²) in [5, 5.41) is 4.64. The molecular formula is C20H20N2O. The van der Waals surface area contributed by atoms with Gasteiger partial charge in [0.25, 0.3) is 0 Å². The fourth-order valence-corrected chi connectivity index (χ4v) is 3.95. The maximum atomic E-state index is 13.1. The van der Waals surface area contributed by atoms with Crippen molar-refractivity contribution in [3.63, 3.8) is 0 Å². The lowest BCUT2D eigenvalue weighted by molar-refractivity contribution is -0.126. The van der Waals surface area contributed by atoms with Crippen molar-refractivity contribution in [3.05, 3.63) is 71.8 Å². The van der Waals surface area contributed by atoms with Crippen molar-refractivity contribution >= 4 is 11.5 Å². The minimum Gasteiger partial charge on any atom is -0.297 e. The van der Waals surface area contributed by atoms with E-state index in [-0.39, 0.29) is 11.7 Å². The quantitative estimate of drug-likeness (QED) is 0.920. The average molecular weight is 304 g/mol. The molecular weight excluding hydrogens is 284 g/mol. The van der Waals surface area contributed by atoms with Gasteiger partial charge in [0.1, 0.15) is 5.54 Å². The lowest BCUT2D eigenvalue weighted by Gasteiger charge is -2.33. The van der Waals surface area contributed by atoms with Gasteiger partial charge < -0.3 is 0 Å². The van der Waals surface area contributed by atoms with Gasteiger partial charge in [0, 0.05) is 12.3 Å². The van der Waals surface area contributed by atoms with Crippen LogP contribution in [0.5, 0.6) is 0 Å². The van der Waals surface area contributed by atoms with E-state index in [2.05, 4.69) is 22.7 Å². The molecule has 1 saturated carbocycles. The van der Waals surface area contributed by atoms with Crippen molar-refractivity contribution in [2.45, 2.75) is 31.2 Å². The third kappa shape index (κ3) is 2.19. The van der Waals surface area contributed by atoms with E-state index in [9.17, 15) is 4.79 Å². The van der Waals surface area contributed by atoms with Crippen molar-refractivity contribution in [1.82, 2.24) is 5.43 Å². The standard InChI is InChI=1S/C20H20N2O/c23-18-14-8-7-13-17-19(15-9-3-1-4-10-15)21-22-20(17,18)16-11-5-2-6-12-16/h1-6,9-12,17,22H,7-8,13-14H2/t17-,20+/m0/s1. The first-order valence-electron chi connectivity index (χ1n) is 8.31. The summed E-state index contributed by atoms with van der Waals surface area (Å²) in [7, 11) is 0. The van der Waals surface area contributed by atoms with E-state index in [1.165, 1.54) is 0 Å². The Morgan fingerprint density at radius 2 is 1.65 bits per heavy atom. The normalized spacial score (nSPS) is 26.9. The number of rotatable bonds is 2. The third-order valence-electron chi connectivity index (χ3n) is 5.09. The SMILES string of the molecule is O=C1CCCC[C@H]2C(c3ccccc3)=NN[C@@]12c1ccccc1. The predicted octanol–water partition coefficient (Wildman–Crippen LogP) is 3.65. The number of nitrogens with zero attached hydrogens (tertiary/aromatic N) is 1. The molecule has 1 aliphatic carbocycles. The van der Waals surface area contributed by atoms with E-state index in [0.29, 0.717) is 6.42 Å². The van der Waals surface area contributed by atoms with E-state index in [0.717, 1.165) is 36.1 Å². The monoisotopic (exact) mass is 304 g/mol. The first-order valence-corrected chi connectivity index (χ1v) is 8.31. The van der Waals surface area contributed by atoms with E-state index in [1.807, 2.05) is 48.5 Å². The van der Waals surface area contributed by atoms with Gasteiger partial charge in [0.05, 0.1) is 5.71 Å². The van der Waals surface area contributed by atoms with Gasteiger partial charge >= 0.3 is 0 Å². The summed E-state index contributed by atoms with van der Waals surface area (Å²) in [5.74, 6) is 0.364. The first kappa shape index (κ1) is 14.2. The number of nitrogens with one attached hydrogen (secondary N) is 1. The fraction of sp³-hybridized carbons (Fsp3) is 0.300. The van der Waals surface area contributed by atoms with Crippen molar-refractivity contribution < 1.29 is 4.79 Å². The molecule has 0 spiro atoms. The number of Topliss-reactive ketones (excluding diaryl/α,β-unsaturated/α-hetero) is 1. The fourth-order valence-electron chi connectivity index (χ4n) is 3.95. The van der Waals surface area contributed by atoms with Crippen LogP contribution < -0.4 is 5.43 Å². The van der Waals surface area contributed by atoms with Gasteiger partial charge in [-0.2, -0.15) is 5.10 Å². The van der Waals surface area contributed by atoms with Gasteiger partial charge in [-0.15, -0.1) is 0 Å². The second-order valence-corrected chi connectivity index (χ2v) is 6.37. The Morgan fingerprint density at radius 3 is 2.39 bits per heavy atom. The summed E-state index contributed by atoms with van der Waals surface area (Å²) in [6, 6.07) is 20.3. The highest BCUT2D eigenvalue weighted by Gasteiger charge is 2.53. The van der Waals surface area contributed by atoms with E-state index in [4.69, 9.17) is 0 Å². The van der Waals surface area contributed by atoms with Gasteiger partial charge in [-0.25, -0.2) is 0 Å². The minimum atomic E-state index is -0.692. The van der Waals surface area contributed by atoms with Crippen LogP contribution in [0, 0.1) is 5.92 Å². The molecule has 0 bridgehead atoms. The highest BCUT2D eigenvalue weighted by atomic mass is 16.1. The van der Waals surface area contributed by atoms with Crippen LogP contribution in [0.3, 0.4) is 0 Å². The zero-order chi connectivity index (χ0) is 15.7. The highest BCUT2D eigenvalue weighted by molar-refractivity contribution is 6.09. The van der Waals surface area contributed by atoms with Crippen LogP contribution >= 0.6 is 0 Å². The van der Waals surface area contributed by atoms with Crippen LogP contribution in [0.2, 0.25) is 0 Å². The Morgan fingerprint density at radius 1 is 0.957 bits per heavy atom. The second kappa shape index (κ2) is 5.65. The molecule has 2 aromatic rings. The van der Waals surface area contributed by atoms with Crippen LogP contribution in [0.4, 0.5) is 0 Å². The second-order valence-electron chi connectivity index (χ2n) is 6.37. The molecule has 2 atom stereocenters. The highest BCUT2D eigenvalue weighted by Crippen LogP contribution is 2.43. The number of ketones is 1. The summed E-state index contributed by atoms with van der Waals surface area (Å²) < 4.78 is 0. The molecule has 1 fully saturated rings. The van der Waals surface area contributed by atoms with E-state index >= 15 is 0 Å². The zero-order valence-corrected chi connectivity index (χ0v) is 13.0. The molecule has 0 amide bonds. The molecule has 23 heavy (non-hydrogen) atoms. The lowest BCUT2D eigenvalue weighted by Crippen LogP contribution is -2.49. The van der Waals surface area contributed by atoms with Crippen LogP contribution in [-0.4, -0.2) is 11.5 Å². The number of carbonyl (C=O) groups excluding carboxylic acids is 1. The topological polar surface area (TPSA) is 41.5 Å². The van der Waals surface area contributed by atoms with Crippen LogP contribution in [0.1, 0.15) is 36.8 Å². The van der Waals surface area contributed by atoms with E-state index < -0.39 is 5.54 Å². The van der Waals surface area contributed by atoms with Crippen LogP contribution in [-0.2, 0) is 10.3 Å². The van der Waals surface area contributed by atoms with Crippen molar-refractivity contribution in [3.8, 4) is 0 Å². The Balaban J connectivity index is 1.84. The van der Waals surface area contributed by atoms with Crippen molar-refractivity contribution in [2.24, 2.45) is 11.0 Å². The summed E-state index contributed by atoms with van der Waals surface area (Å²) in [4.78, 5) is 13.1. The molecule has 2 aromatic carbocycles. The summed E-state index contributed by atoms with van der Waals surface area (Å²) in [5.41, 5.74) is 5.73. The van der Waals surface area contributed by atoms with Gasteiger partial charge in [0.2, 0.25) is 0 Å². The molecule has 3 heteroatoms. The van der Waals surface area contributed by atoms with Crippen molar-refractivity contribution in [1.29, 1.82) is 0 Å². The Labute approximate surface area is 136 Å². The molecule has 116 valence electrons. The predicted molar refractivity (Wildman–Crippen MR) is 91.2 cm³/mol. The Bertz CT molecular complexity index is 739. The number of hydrogen-bond acceptors (Lipinski definition) is 3. The summed E-state index contributed by atoms with van der Waals surface area (Å²) >= 11 is 0. The molecule has 3 nitrogen and oxygen atoms in total. The molecule has 2 aliphatic rings. The van der Waals surface area contributed by atoms with Crippen LogP contribution in [0.25, 0.3) is 0 Å². The van der Waals surface area contributed by atoms with Gasteiger partial charge in [-0.1, -0.05) is 67.1 Å². The molecule has 0 radical (unpaired) electrons. The summed E-state index contributed by atoms with van der Waals surface area (Å²) in [6.45, 7) is 0. The maximum Gasteiger partial charge on any atom is 0.164 e. The molecule has 1 N–H and O–H groups in total. The Kier molecular flexibility index (Phi) is 3.49. The number of benzene rings is 2. The summed E-state index contributed by atoms with van der Waals surface area (Å²) in [6.07, 6.45) is 3.64. The van der Waals surface area contributed by atoms with Crippen molar-refractivity contribution in [2.75, 3.05) is 0 Å². The smallest absolute Gasteiger partial charge is 0.164 e. The largest absolute Gasteiger partial charge is 0.297 e. The number of carbonyl (C=O) groups is 1. The number of fused-ring (bicyclic) bond motifs is 1. The minimum absolute atomic E-state index is 0.0994. The molecule has 0 saturated heterocycles. The molecule has 4 rings (SSSR count). The first-order chi connectivity index (χ1) is 11.3. The molecule has 1 heterocycles. The maximum absolute atomic E-state index is 13.1. The third-order valence-corrected chi connectivity index (χ3v) is 5.09. The Hall–Kier alpha value is -2.42. The van der Waals surface area contributed by atoms with Gasteiger partial charge in [-0.3, -0.25) is 10.2 Å². The molecule has 0 aromatic heterocycles. The number of hydrazone groups is 1. The zero-order valence-electron chi connectivity index (χ0n) is 13.0. The lowest BCUT2D eigenvalue weighted by atomic mass is 9.72. The van der Waals surface area contributed by atoms with E-state index in [1.54, 1.807) is 0 Å². The van der Waals surface area contributed by atoms with Crippen LogP contribution in [0.15, 0.2) is 65.8 Å². The van der Waals surface area contributed by atoms with Gasteiger partial charge in [-0.05, 0) is 24.0 Å². The number of hydrogen-bond donors (Lipinski definition) is 1. The molecule has 1 aliphatic heterocycles. The average Bonchev–Trinajstić information content (AvgIpc) is 2.92. The van der Waals surface area contributed by atoms with Gasteiger partial charge in [0.15, 0.2) is 5.78 Å². The molecule has 0 unspecified atom stereocenters.